The molecule has 2 N–H and O–H groups in total. The van der Waals surface area contributed by atoms with Crippen LogP contribution in [0.5, 0.6) is 0 Å². The molecule has 1 rings (SSSR count). The Morgan fingerprint density at radius 3 is 3.00 bits per heavy atom. The molecule has 1 aromatic heterocycles. The maximum absolute atomic E-state index is 5.44. The van der Waals surface area contributed by atoms with Crippen molar-refractivity contribution in [2.75, 3.05) is 18.6 Å². The van der Waals surface area contributed by atoms with E-state index in [-0.39, 0.29) is 0 Å². The van der Waals surface area contributed by atoms with Crippen molar-refractivity contribution in [1.82, 2.24) is 15.0 Å². The van der Waals surface area contributed by atoms with Crippen LogP contribution in [0.3, 0.4) is 0 Å². The lowest BCUT2D eigenvalue weighted by molar-refractivity contribution is 0.582. The van der Waals surface area contributed by atoms with E-state index in [2.05, 4.69) is 22.8 Å². The van der Waals surface area contributed by atoms with Gasteiger partial charge in [0.05, 0.1) is 5.69 Å². The van der Waals surface area contributed by atoms with E-state index in [9.17, 15) is 0 Å². The number of hydrogen-bond acceptors (Lipinski definition) is 4. The summed E-state index contributed by atoms with van der Waals surface area (Å²) in [5.74, 6) is 1.18. The fraction of sp³-hybridized carbons (Fsp3) is 0.800. The van der Waals surface area contributed by atoms with Crippen LogP contribution in [-0.4, -0.2) is 33.5 Å². The van der Waals surface area contributed by atoms with Gasteiger partial charge in [-0.15, -0.1) is 5.10 Å². The van der Waals surface area contributed by atoms with E-state index in [4.69, 9.17) is 5.73 Å². The predicted molar refractivity (Wildman–Crippen MR) is 65.0 cm³/mol. The first-order chi connectivity index (χ1) is 7.36. The molecule has 0 saturated heterocycles. The number of rotatable bonds is 8. The van der Waals surface area contributed by atoms with E-state index < -0.39 is 0 Å². The molecule has 0 aliphatic carbocycles. The highest BCUT2D eigenvalue weighted by molar-refractivity contribution is 7.98. The highest BCUT2D eigenvalue weighted by Crippen LogP contribution is 2.02. The summed E-state index contributed by atoms with van der Waals surface area (Å²) >= 11 is 1.87. The van der Waals surface area contributed by atoms with Crippen LogP contribution in [0.2, 0.25) is 0 Å². The second kappa shape index (κ2) is 7.70. The zero-order valence-electron chi connectivity index (χ0n) is 9.35. The second-order valence-corrected chi connectivity index (χ2v) is 4.55. The van der Waals surface area contributed by atoms with E-state index in [0.717, 1.165) is 44.5 Å². The Labute approximate surface area is 95.6 Å². The third-order valence-corrected chi connectivity index (χ3v) is 2.91. The molecular weight excluding hydrogens is 208 g/mol. The molecule has 0 atom stereocenters. The lowest BCUT2D eigenvalue weighted by atomic mass is 10.2. The summed E-state index contributed by atoms with van der Waals surface area (Å²) in [5, 5.41) is 8.22. The molecule has 0 unspecified atom stereocenters. The molecule has 4 nitrogen and oxygen atoms in total. The zero-order valence-corrected chi connectivity index (χ0v) is 10.2. The number of aromatic nitrogens is 3. The second-order valence-electron chi connectivity index (χ2n) is 3.57. The average Bonchev–Trinajstić information content (AvgIpc) is 2.67. The fourth-order valence-electron chi connectivity index (χ4n) is 1.38. The van der Waals surface area contributed by atoms with Crippen molar-refractivity contribution in [3.63, 3.8) is 0 Å². The Bertz CT molecular complexity index is 237. The first-order valence-corrected chi connectivity index (χ1v) is 6.84. The lowest BCUT2D eigenvalue weighted by Gasteiger charge is -1.97. The van der Waals surface area contributed by atoms with E-state index in [1.54, 1.807) is 0 Å². The molecule has 1 aromatic rings. The summed E-state index contributed by atoms with van der Waals surface area (Å²) in [6, 6.07) is 0. The topological polar surface area (TPSA) is 56.7 Å². The molecular formula is C10H20N4S. The van der Waals surface area contributed by atoms with E-state index in [1.165, 1.54) is 5.75 Å². The van der Waals surface area contributed by atoms with Gasteiger partial charge in [0, 0.05) is 12.7 Å². The van der Waals surface area contributed by atoms with Gasteiger partial charge in [-0.25, -0.2) is 0 Å². The minimum Gasteiger partial charge on any atom is -0.330 e. The van der Waals surface area contributed by atoms with Crippen LogP contribution in [0, 0.1) is 0 Å². The predicted octanol–water partition coefficient (Wildman–Crippen LogP) is 1.31. The summed E-state index contributed by atoms with van der Waals surface area (Å²) in [6.45, 7) is 1.74. The van der Waals surface area contributed by atoms with Gasteiger partial charge in [-0.2, -0.15) is 11.8 Å². The summed E-state index contributed by atoms with van der Waals surface area (Å²) in [6.07, 6.45) is 8.52. The number of thioether (sulfide) groups is 1. The van der Waals surface area contributed by atoms with Gasteiger partial charge in [0.2, 0.25) is 0 Å². The maximum Gasteiger partial charge on any atom is 0.0827 e. The Hall–Kier alpha value is -0.550. The molecule has 0 bridgehead atoms. The van der Waals surface area contributed by atoms with Crippen LogP contribution < -0.4 is 5.73 Å². The highest BCUT2D eigenvalue weighted by Gasteiger charge is 1.99. The normalized spacial score (nSPS) is 10.8. The smallest absolute Gasteiger partial charge is 0.0827 e. The van der Waals surface area contributed by atoms with Crippen molar-refractivity contribution in [3.05, 3.63) is 11.9 Å². The van der Waals surface area contributed by atoms with Gasteiger partial charge < -0.3 is 5.73 Å². The van der Waals surface area contributed by atoms with Gasteiger partial charge in [-0.1, -0.05) is 5.21 Å². The molecule has 0 fully saturated rings. The van der Waals surface area contributed by atoms with Crippen LogP contribution >= 0.6 is 11.8 Å². The minimum absolute atomic E-state index is 0.766. The Morgan fingerprint density at radius 2 is 2.27 bits per heavy atom. The molecule has 15 heavy (non-hydrogen) atoms. The number of aryl methyl sites for hydroxylation is 2. The molecule has 5 heteroatoms. The van der Waals surface area contributed by atoms with Gasteiger partial charge >= 0.3 is 0 Å². The van der Waals surface area contributed by atoms with Crippen LogP contribution in [0.15, 0.2) is 6.20 Å². The lowest BCUT2D eigenvalue weighted by Crippen LogP contribution is -1.99. The highest BCUT2D eigenvalue weighted by atomic mass is 32.2. The number of unbranched alkanes of at least 4 members (excludes halogenated alkanes) is 1. The first kappa shape index (κ1) is 12.5. The molecule has 0 aliphatic rings. The summed E-state index contributed by atoms with van der Waals surface area (Å²) in [4.78, 5) is 0. The molecule has 0 aromatic carbocycles. The molecule has 0 aliphatic heterocycles. The fourth-order valence-corrected chi connectivity index (χ4v) is 1.80. The van der Waals surface area contributed by atoms with Crippen molar-refractivity contribution in [1.29, 1.82) is 0 Å². The van der Waals surface area contributed by atoms with Crippen LogP contribution in [0.1, 0.15) is 25.0 Å². The molecule has 0 amide bonds. The minimum atomic E-state index is 0.766. The van der Waals surface area contributed by atoms with Gasteiger partial charge in [-0.3, -0.25) is 4.68 Å². The van der Waals surface area contributed by atoms with Crippen molar-refractivity contribution < 1.29 is 0 Å². The van der Waals surface area contributed by atoms with Crippen LogP contribution in [0.4, 0.5) is 0 Å². The molecule has 0 radical (unpaired) electrons. The molecule has 1 heterocycles. The largest absolute Gasteiger partial charge is 0.330 e. The molecule has 86 valence electrons. The summed E-state index contributed by atoms with van der Waals surface area (Å²) in [5.41, 5.74) is 6.53. The van der Waals surface area contributed by atoms with E-state index in [0.29, 0.717) is 0 Å². The Balaban J connectivity index is 2.23. The van der Waals surface area contributed by atoms with Crippen LogP contribution in [0.25, 0.3) is 0 Å². The third-order valence-electron chi connectivity index (χ3n) is 2.21. The number of nitrogens with two attached hydrogens (primary N) is 1. The quantitative estimate of drug-likeness (QED) is 0.682. The summed E-state index contributed by atoms with van der Waals surface area (Å²) in [7, 11) is 0. The average molecular weight is 228 g/mol. The zero-order chi connectivity index (χ0) is 10.9. The monoisotopic (exact) mass is 228 g/mol. The standard InChI is InChI=1S/C10H20N4S/c1-15-8-4-7-14-9-10(12-13-14)5-2-3-6-11/h9H,2-8,11H2,1H3. The number of hydrogen-bond donors (Lipinski definition) is 1. The molecule has 0 saturated carbocycles. The van der Waals surface area contributed by atoms with Gasteiger partial charge in [-0.05, 0) is 44.2 Å². The van der Waals surface area contributed by atoms with E-state index >= 15 is 0 Å². The Morgan fingerprint density at radius 1 is 1.40 bits per heavy atom. The van der Waals surface area contributed by atoms with Crippen molar-refractivity contribution in [3.8, 4) is 0 Å². The van der Waals surface area contributed by atoms with Crippen molar-refractivity contribution in [2.24, 2.45) is 5.73 Å². The molecule has 0 spiro atoms. The first-order valence-electron chi connectivity index (χ1n) is 5.45. The SMILES string of the molecule is CSCCCn1cc(CCCCN)nn1. The van der Waals surface area contributed by atoms with E-state index in [1.807, 2.05) is 16.4 Å². The maximum atomic E-state index is 5.44. The summed E-state index contributed by atoms with van der Waals surface area (Å²) < 4.78 is 1.94. The van der Waals surface area contributed by atoms with Gasteiger partial charge in [0.15, 0.2) is 0 Å². The number of nitrogens with zero attached hydrogens (tertiary/aromatic N) is 3. The van der Waals surface area contributed by atoms with Crippen molar-refractivity contribution in [2.45, 2.75) is 32.2 Å². The van der Waals surface area contributed by atoms with Gasteiger partial charge in [0.25, 0.3) is 0 Å². The van der Waals surface area contributed by atoms with Crippen molar-refractivity contribution >= 4 is 11.8 Å². The van der Waals surface area contributed by atoms with Crippen LogP contribution in [-0.2, 0) is 13.0 Å². The van der Waals surface area contributed by atoms with Gasteiger partial charge in [0.1, 0.15) is 0 Å². The third kappa shape index (κ3) is 5.18. The Kier molecular flexibility index (Phi) is 6.43.